The fraction of sp³-hybridized carbons (Fsp3) is 0.611. The number of benzene rings is 1. The second-order valence-electron chi connectivity index (χ2n) is 6.32. The van der Waals surface area contributed by atoms with E-state index < -0.39 is 6.04 Å². The van der Waals surface area contributed by atoms with Gasteiger partial charge < -0.3 is 16.0 Å². The van der Waals surface area contributed by atoms with Crippen LogP contribution >= 0.6 is 24.8 Å². The van der Waals surface area contributed by atoms with Gasteiger partial charge in [-0.2, -0.15) is 0 Å². The number of nitrogens with zero attached hydrogens (tertiary/aromatic N) is 1. The van der Waals surface area contributed by atoms with Gasteiger partial charge in [0.25, 0.3) is 0 Å². The molecule has 1 saturated heterocycles. The first-order valence-corrected chi connectivity index (χ1v) is 8.48. The quantitative estimate of drug-likeness (QED) is 0.720. The smallest absolute Gasteiger partial charge is 0.237 e. The normalized spacial score (nSPS) is 18.8. The molecule has 0 aromatic heterocycles. The molecule has 1 aliphatic heterocycles. The molecular formula is C18H31Cl2N3O. The van der Waals surface area contributed by atoms with Crippen molar-refractivity contribution in [1.29, 1.82) is 0 Å². The maximum atomic E-state index is 12.0. The zero-order chi connectivity index (χ0) is 15.8. The second kappa shape index (κ2) is 12.5. The third-order valence-corrected chi connectivity index (χ3v) is 4.50. The molecule has 2 atom stereocenters. The molecule has 2 unspecified atom stereocenters. The molecule has 0 radical (unpaired) electrons. The Morgan fingerprint density at radius 2 is 2.00 bits per heavy atom. The maximum Gasteiger partial charge on any atom is 0.237 e. The lowest BCUT2D eigenvalue weighted by Gasteiger charge is -2.33. The minimum Gasteiger partial charge on any atom is -0.355 e. The van der Waals surface area contributed by atoms with Gasteiger partial charge in [0.05, 0.1) is 6.04 Å². The Balaban J connectivity index is 0.00000264. The maximum absolute atomic E-state index is 12.0. The van der Waals surface area contributed by atoms with E-state index in [9.17, 15) is 4.79 Å². The summed E-state index contributed by atoms with van der Waals surface area (Å²) in [5.74, 6) is -0.0458. The summed E-state index contributed by atoms with van der Waals surface area (Å²) in [7, 11) is 0. The molecule has 3 N–H and O–H groups in total. The summed E-state index contributed by atoms with van der Waals surface area (Å²) in [6.07, 6.45) is 5.54. The number of hydrogen-bond donors (Lipinski definition) is 2. The second-order valence-corrected chi connectivity index (χ2v) is 6.32. The third kappa shape index (κ3) is 7.84. The van der Waals surface area contributed by atoms with Crippen LogP contribution in [0.5, 0.6) is 0 Å². The number of halogens is 2. The zero-order valence-corrected chi connectivity index (χ0v) is 16.1. The van der Waals surface area contributed by atoms with E-state index in [1.807, 2.05) is 30.3 Å². The van der Waals surface area contributed by atoms with Crippen LogP contribution in [0.2, 0.25) is 0 Å². The third-order valence-electron chi connectivity index (χ3n) is 4.50. The fourth-order valence-electron chi connectivity index (χ4n) is 3.08. The van der Waals surface area contributed by atoms with Crippen molar-refractivity contribution in [2.75, 3.05) is 19.6 Å². The van der Waals surface area contributed by atoms with Crippen molar-refractivity contribution in [1.82, 2.24) is 10.2 Å². The van der Waals surface area contributed by atoms with Gasteiger partial charge in [-0.1, -0.05) is 36.8 Å². The Hall–Kier alpha value is -0.810. The van der Waals surface area contributed by atoms with Crippen LogP contribution in [0.15, 0.2) is 30.3 Å². The summed E-state index contributed by atoms with van der Waals surface area (Å²) < 4.78 is 0. The van der Waals surface area contributed by atoms with Gasteiger partial charge in [0.2, 0.25) is 5.91 Å². The van der Waals surface area contributed by atoms with Gasteiger partial charge in [0.1, 0.15) is 0 Å². The van der Waals surface area contributed by atoms with E-state index in [4.69, 9.17) is 5.73 Å². The van der Waals surface area contributed by atoms with Gasteiger partial charge >= 0.3 is 0 Å². The number of amides is 1. The minimum atomic E-state index is -0.462. The van der Waals surface area contributed by atoms with Crippen LogP contribution in [0.4, 0.5) is 0 Å². The molecule has 0 spiro atoms. The van der Waals surface area contributed by atoms with Gasteiger partial charge in [-0.15, -0.1) is 24.8 Å². The summed E-state index contributed by atoms with van der Waals surface area (Å²) in [4.78, 5) is 14.5. The van der Waals surface area contributed by atoms with Crippen LogP contribution < -0.4 is 11.1 Å². The van der Waals surface area contributed by atoms with Gasteiger partial charge in [-0.25, -0.2) is 0 Å². The first-order valence-electron chi connectivity index (χ1n) is 8.48. The number of likely N-dealkylation sites (tertiary alicyclic amines) is 1. The number of carbonyl (C=O) groups excluding carboxylic acids is 1. The summed E-state index contributed by atoms with van der Waals surface area (Å²) in [5.41, 5.74) is 7.08. The van der Waals surface area contributed by atoms with E-state index in [0.29, 0.717) is 19.0 Å². The van der Waals surface area contributed by atoms with E-state index >= 15 is 0 Å². The average molecular weight is 376 g/mol. The molecule has 24 heavy (non-hydrogen) atoms. The molecule has 1 aromatic carbocycles. The number of nitrogens with one attached hydrogen (secondary N) is 1. The van der Waals surface area contributed by atoms with Gasteiger partial charge in [0, 0.05) is 19.1 Å². The lowest BCUT2D eigenvalue weighted by Crippen LogP contribution is -2.43. The first kappa shape index (κ1) is 23.2. The van der Waals surface area contributed by atoms with Crippen molar-refractivity contribution >= 4 is 30.7 Å². The number of rotatable bonds is 7. The molecule has 1 fully saturated rings. The van der Waals surface area contributed by atoms with E-state index in [1.54, 1.807) is 0 Å². The van der Waals surface area contributed by atoms with Crippen LogP contribution in [0, 0.1) is 0 Å². The monoisotopic (exact) mass is 375 g/mol. The Morgan fingerprint density at radius 3 is 2.67 bits per heavy atom. The molecule has 0 bridgehead atoms. The van der Waals surface area contributed by atoms with Gasteiger partial charge in [0.15, 0.2) is 0 Å². The number of piperidine rings is 1. The molecule has 1 heterocycles. The highest BCUT2D eigenvalue weighted by Gasteiger charge is 2.18. The molecule has 1 amide bonds. The average Bonchev–Trinajstić information content (AvgIpc) is 2.53. The minimum absolute atomic E-state index is 0. The van der Waals surface area contributed by atoms with Crippen molar-refractivity contribution < 1.29 is 4.79 Å². The SMILES string of the molecule is CC1CCCCN1CCCNC(=O)C(N)Cc1ccccc1.Cl.Cl. The van der Waals surface area contributed by atoms with Crippen LogP contribution in [0.3, 0.4) is 0 Å². The Kier molecular flexibility index (Phi) is 12.1. The summed E-state index contributed by atoms with van der Waals surface area (Å²) in [5, 5.41) is 2.97. The zero-order valence-electron chi connectivity index (χ0n) is 14.4. The van der Waals surface area contributed by atoms with Crippen molar-refractivity contribution in [3.63, 3.8) is 0 Å². The standard InChI is InChI=1S/C18H29N3O.2ClH/c1-15-8-5-6-12-21(15)13-7-11-20-18(22)17(19)14-16-9-3-2-4-10-16;;/h2-4,9-10,15,17H,5-8,11-14,19H2,1H3,(H,20,22);2*1H. The van der Waals surface area contributed by atoms with Crippen LogP contribution in [0.1, 0.15) is 38.2 Å². The largest absolute Gasteiger partial charge is 0.355 e. The fourth-order valence-corrected chi connectivity index (χ4v) is 3.08. The molecule has 0 saturated carbocycles. The lowest BCUT2D eigenvalue weighted by atomic mass is 10.0. The summed E-state index contributed by atoms with van der Waals surface area (Å²) >= 11 is 0. The number of nitrogens with two attached hydrogens (primary N) is 1. The molecule has 6 heteroatoms. The number of hydrogen-bond acceptors (Lipinski definition) is 3. The van der Waals surface area contributed by atoms with Gasteiger partial charge in [-0.3, -0.25) is 4.79 Å². The van der Waals surface area contributed by atoms with E-state index in [2.05, 4.69) is 17.1 Å². The van der Waals surface area contributed by atoms with Crippen molar-refractivity contribution in [3.8, 4) is 0 Å². The predicted molar refractivity (Wildman–Crippen MR) is 105 cm³/mol. The summed E-state index contributed by atoms with van der Waals surface area (Å²) in [6.45, 7) is 5.27. The topological polar surface area (TPSA) is 58.4 Å². The van der Waals surface area contributed by atoms with Crippen LogP contribution in [0.25, 0.3) is 0 Å². The van der Waals surface area contributed by atoms with Crippen LogP contribution in [-0.4, -0.2) is 42.5 Å². The van der Waals surface area contributed by atoms with E-state index in [0.717, 1.165) is 18.5 Å². The highest BCUT2D eigenvalue weighted by atomic mass is 35.5. The molecule has 1 aliphatic rings. The first-order chi connectivity index (χ1) is 10.7. The molecular weight excluding hydrogens is 345 g/mol. The Bertz CT molecular complexity index is 459. The molecule has 4 nitrogen and oxygen atoms in total. The molecule has 2 rings (SSSR count). The molecule has 1 aromatic rings. The van der Waals surface area contributed by atoms with Crippen molar-refractivity contribution in [2.45, 2.75) is 51.1 Å². The van der Waals surface area contributed by atoms with Crippen molar-refractivity contribution in [3.05, 3.63) is 35.9 Å². The Labute approximate surface area is 158 Å². The summed E-state index contributed by atoms with van der Waals surface area (Å²) in [6, 6.07) is 10.1. The highest BCUT2D eigenvalue weighted by Crippen LogP contribution is 2.16. The van der Waals surface area contributed by atoms with E-state index in [-0.39, 0.29) is 30.7 Å². The van der Waals surface area contributed by atoms with E-state index in [1.165, 1.54) is 25.8 Å². The molecule has 138 valence electrons. The van der Waals surface area contributed by atoms with Gasteiger partial charge in [-0.05, 0) is 44.7 Å². The number of carbonyl (C=O) groups is 1. The molecule has 0 aliphatic carbocycles. The highest BCUT2D eigenvalue weighted by molar-refractivity contribution is 5.85. The predicted octanol–water partition coefficient (Wildman–Crippen LogP) is 2.78. The Morgan fingerprint density at radius 1 is 1.29 bits per heavy atom. The lowest BCUT2D eigenvalue weighted by molar-refractivity contribution is -0.122. The van der Waals surface area contributed by atoms with Crippen molar-refractivity contribution in [2.24, 2.45) is 5.73 Å². The van der Waals surface area contributed by atoms with Crippen LogP contribution in [-0.2, 0) is 11.2 Å².